The average molecular weight is 222 g/mol. The van der Waals surface area contributed by atoms with Crippen LogP contribution >= 0.6 is 11.9 Å². The normalized spacial score (nSPS) is 11.1. The summed E-state index contributed by atoms with van der Waals surface area (Å²) < 4.78 is 2.94. The Hall–Kier alpha value is -1.02. The monoisotopic (exact) mass is 222 g/mol. The summed E-state index contributed by atoms with van der Waals surface area (Å²) in [6.45, 7) is 3.41. The van der Waals surface area contributed by atoms with Gasteiger partial charge in [0.1, 0.15) is 0 Å². The fraction of sp³-hybridized carbons (Fsp3) is 0.364. The van der Waals surface area contributed by atoms with Crippen molar-refractivity contribution in [2.24, 2.45) is 0 Å². The number of nitrogens with zero attached hydrogens (tertiary/aromatic N) is 1. The van der Waals surface area contributed by atoms with Gasteiger partial charge in [0.05, 0.1) is 17.2 Å². The van der Waals surface area contributed by atoms with Crippen molar-refractivity contribution < 1.29 is 5.11 Å². The van der Waals surface area contributed by atoms with Crippen LogP contribution in [0.5, 0.6) is 0 Å². The minimum Gasteiger partial charge on any atom is -0.386 e. The van der Waals surface area contributed by atoms with Gasteiger partial charge >= 0.3 is 0 Å². The molecule has 15 heavy (non-hydrogen) atoms. The number of nitriles is 1. The fourth-order valence-corrected chi connectivity index (χ4v) is 1.80. The second-order valence-electron chi connectivity index (χ2n) is 3.72. The summed E-state index contributed by atoms with van der Waals surface area (Å²) in [7, 11) is 1.81. The van der Waals surface area contributed by atoms with Gasteiger partial charge < -0.3 is 5.11 Å². The van der Waals surface area contributed by atoms with Crippen molar-refractivity contribution in [2.45, 2.75) is 24.3 Å². The van der Waals surface area contributed by atoms with Crippen LogP contribution in [0, 0.1) is 11.3 Å². The molecule has 0 aliphatic rings. The van der Waals surface area contributed by atoms with Crippen molar-refractivity contribution in [1.29, 1.82) is 5.26 Å². The molecule has 0 saturated heterocycles. The Morgan fingerprint density at radius 2 is 2.07 bits per heavy atom. The lowest BCUT2D eigenvalue weighted by molar-refractivity contribution is 0.0783. The summed E-state index contributed by atoms with van der Waals surface area (Å²) in [5.74, 6) is 0. The summed E-state index contributed by atoms with van der Waals surface area (Å²) in [6.07, 6.45) is 0. The zero-order chi connectivity index (χ0) is 11.5. The second-order valence-corrected chi connectivity index (χ2v) is 4.81. The van der Waals surface area contributed by atoms with Crippen LogP contribution in [0.4, 0.5) is 0 Å². The summed E-state index contributed by atoms with van der Waals surface area (Å²) in [4.78, 5) is 0.925. The van der Waals surface area contributed by atoms with Gasteiger partial charge in [-0.1, -0.05) is 0 Å². The standard InChI is InChI=1S/C11H14N2OS/c1-11(2,14)9-4-8(7-12)5-10(6-9)15-13-3/h4-6,13-14H,1-3H3. The molecule has 0 amide bonds. The Morgan fingerprint density at radius 3 is 2.53 bits per heavy atom. The Balaban J connectivity index is 3.19. The molecule has 0 aromatic heterocycles. The molecule has 2 N–H and O–H groups in total. The van der Waals surface area contributed by atoms with Crippen LogP contribution < -0.4 is 4.72 Å². The molecule has 0 heterocycles. The average Bonchev–Trinajstić information content (AvgIpc) is 2.16. The topological polar surface area (TPSA) is 56.0 Å². The predicted molar refractivity (Wildman–Crippen MR) is 61.3 cm³/mol. The number of hydrogen-bond donors (Lipinski definition) is 2. The van der Waals surface area contributed by atoms with Gasteiger partial charge in [0.2, 0.25) is 0 Å². The highest BCUT2D eigenvalue weighted by Crippen LogP contribution is 2.25. The van der Waals surface area contributed by atoms with E-state index in [1.54, 1.807) is 26.0 Å². The second kappa shape index (κ2) is 4.67. The first-order valence-corrected chi connectivity index (χ1v) is 5.40. The zero-order valence-corrected chi connectivity index (χ0v) is 9.85. The van der Waals surface area contributed by atoms with E-state index in [4.69, 9.17) is 5.26 Å². The minimum atomic E-state index is -0.921. The van der Waals surface area contributed by atoms with Crippen molar-refractivity contribution >= 4 is 11.9 Å². The highest BCUT2D eigenvalue weighted by molar-refractivity contribution is 7.97. The highest BCUT2D eigenvalue weighted by atomic mass is 32.2. The minimum absolute atomic E-state index is 0.562. The maximum absolute atomic E-state index is 9.86. The first-order valence-electron chi connectivity index (χ1n) is 4.59. The molecule has 0 aliphatic carbocycles. The Bertz CT molecular complexity index is 391. The van der Waals surface area contributed by atoms with Crippen LogP contribution in [-0.4, -0.2) is 12.2 Å². The molecule has 0 unspecified atom stereocenters. The van der Waals surface area contributed by atoms with Gasteiger partial charge in [0.25, 0.3) is 0 Å². The van der Waals surface area contributed by atoms with Crippen LogP contribution in [0.25, 0.3) is 0 Å². The molecular weight excluding hydrogens is 208 g/mol. The van der Waals surface area contributed by atoms with E-state index in [2.05, 4.69) is 10.8 Å². The molecule has 0 saturated carbocycles. The van der Waals surface area contributed by atoms with Crippen molar-refractivity contribution in [3.8, 4) is 6.07 Å². The van der Waals surface area contributed by atoms with Crippen molar-refractivity contribution in [3.05, 3.63) is 29.3 Å². The summed E-state index contributed by atoms with van der Waals surface area (Å²) in [5, 5.41) is 18.7. The molecular formula is C11H14N2OS. The lowest BCUT2D eigenvalue weighted by Gasteiger charge is -2.18. The SMILES string of the molecule is CNSc1cc(C#N)cc(C(C)(C)O)c1. The van der Waals surface area contributed by atoms with E-state index in [-0.39, 0.29) is 0 Å². The van der Waals surface area contributed by atoms with Crippen LogP contribution in [0.15, 0.2) is 23.1 Å². The summed E-state index contributed by atoms with van der Waals surface area (Å²) >= 11 is 1.42. The molecule has 3 nitrogen and oxygen atoms in total. The van der Waals surface area contributed by atoms with Gasteiger partial charge in [-0.05, 0) is 56.6 Å². The lowest BCUT2D eigenvalue weighted by atomic mass is 9.97. The van der Waals surface area contributed by atoms with Crippen molar-refractivity contribution in [2.75, 3.05) is 7.05 Å². The van der Waals surface area contributed by atoms with Crippen LogP contribution in [0.3, 0.4) is 0 Å². The maximum atomic E-state index is 9.86. The number of aliphatic hydroxyl groups is 1. The Kier molecular flexibility index (Phi) is 3.75. The fourth-order valence-electron chi connectivity index (χ4n) is 1.19. The van der Waals surface area contributed by atoms with E-state index in [1.807, 2.05) is 13.1 Å². The van der Waals surface area contributed by atoms with E-state index in [1.165, 1.54) is 11.9 Å². The molecule has 4 heteroatoms. The summed E-state index contributed by atoms with van der Waals surface area (Å²) in [6, 6.07) is 7.46. The number of nitrogens with one attached hydrogen (secondary N) is 1. The molecule has 0 bridgehead atoms. The predicted octanol–water partition coefficient (Wildman–Crippen LogP) is 2.01. The van der Waals surface area contributed by atoms with Gasteiger partial charge in [-0.3, -0.25) is 4.72 Å². The van der Waals surface area contributed by atoms with E-state index >= 15 is 0 Å². The Labute approximate surface area is 94.3 Å². The molecule has 1 rings (SSSR count). The van der Waals surface area contributed by atoms with Crippen LogP contribution in [-0.2, 0) is 5.60 Å². The molecule has 1 aromatic rings. The molecule has 1 aromatic carbocycles. The molecule has 0 fully saturated rings. The van der Waals surface area contributed by atoms with Gasteiger partial charge in [-0.15, -0.1) is 0 Å². The quantitative estimate of drug-likeness (QED) is 0.768. The first-order chi connectivity index (χ1) is 6.97. The van der Waals surface area contributed by atoms with Crippen molar-refractivity contribution in [3.63, 3.8) is 0 Å². The number of hydrogen-bond acceptors (Lipinski definition) is 4. The Morgan fingerprint density at radius 1 is 1.40 bits per heavy atom. The maximum Gasteiger partial charge on any atom is 0.0992 e. The van der Waals surface area contributed by atoms with E-state index in [0.29, 0.717) is 5.56 Å². The van der Waals surface area contributed by atoms with Gasteiger partial charge in [0, 0.05) is 4.90 Å². The third-order valence-corrected chi connectivity index (χ3v) is 2.64. The zero-order valence-electron chi connectivity index (χ0n) is 9.03. The smallest absolute Gasteiger partial charge is 0.0992 e. The van der Waals surface area contributed by atoms with Gasteiger partial charge in [-0.25, -0.2) is 0 Å². The van der Waals surface area contributed by atoms with Gasteiger partial charge in [0.15, 0.2) is 0 Å². The highest BCUT2D eigenvalue weighted by Gasteiger charge is 2.17. The number of rotatable bonds is 3. The van der Waals surface area contributed by atoms with E-state index < -0.39 is 5.60 Å². The van der Waals surface area contributed by atoms with E-state index in [0.717, 1.165) is 10.5 Å². The van der Waals surface area contributed by atoms with Gasteiger partial charge in [-0.2, -0.15) is 5.26 Å². The van der Waals surface area contributed by atoms with E-state index in [9.17, 15) is 5.11 Å². The molecule has 0 radical (unpaired) electrons. The number of benzene rings is 1. The molecule has 0 aliphatic heterocycles. The molecule has 0 atom stereocenters. The molecule has 0 spiro atoms. The third-order valence-electron chi connectivity index (χ3n) is 1.96. The third kappa shape index (κ3) is 3.24. The van der Waals surface area contributed by atoms with Crippen LogP contribution in [0.2, 0.25) is 0 Å². The van der Waals surface area contributed by atoms with Crippen LogP contribution in [0.1, 0.15) is 25.0 Å². The largest absolute Gasteiger partial charge is 0.386 e. The summed E-state index contributed by atoms with van der Waals surface area (Å²) in [5.41, 5.74) is 0.391. The first kappa shape index (κ1) is 12.1. The molecule has 80 valence electrons. The van der Waals surface area contributed by atoms with Crippen molar-refractivity contribution in [1.82, 2.24) is 4.72 Å². The lowest BCUT2D eigenvalue weighted by Crippen LogP contribution is -2.15.